The van der Waals surface area contributed by atoms with Crippen LogP contribution >= 0.6 is 11.3 Å². The maximum absolute atomic E-state index is 13.5. The number of carbonyl (C=O) groups is 1. The van der Waals surface area contributed by atoms with Crippen molar-refractivity contribution in [2.45, 2.75) is 46.6 Å². The van der Waals surface area contributed by atoms with Crippen molar-refractivity contribution in [3.63, 3.8) is 0 Å². The third-order valence-electron chi connectivity index (χ3n) is 5.30. The highest BCUT2D eigenvalue weighted by molar-refractivity contribution is 7.18. The van der Waals surface area contributed by atoms with E-state index >= 15 is 0 Å². The maximum atomic E-state index is 13.5. The largest absolute Gasteiger partial charge is 0.460 e. The normalized spacial score (nSPS) is 16.2. The second-order valence-corrected chi connectivity index (χ2v) is 8.65. The lowest BCUT2D eigenvalue weighted by atomic mass is 9.89. The second kappa shape index (κ2) is 7.51. The summed E-state index contributed by atoms with van der Waals surface area (Å²) in [6, 6.07) is 7.95. The third-order valence-corrected chi connectivity index (χ3v) is 6.44. The van der Waals surface area contributed by atoms with Gasteiger partial charge in [-0.1, -0.05) is 36.8 Å². The molecule has 1 aliphatic rings. The predicted molar refractivity (Wildman–Crippen MR) is 111 cm³/mol. The van der Waals surface area contributed by atoms with E-state index < -0.39 is 5.97 Å². The fourth-order valence-electron chi connectivity index (χ4n) is 3.91. The van der Waals surface area contributed by atoms with Crippen LogP contribution in [0.2, 0.25) is 0 Å². The van der Waals surface area contributed by atoms with Crippen molar-refractivity contribution >= 4 is 27.5 Å². The second-order valence-electron chi connectivity index (χ2n) is 7.57. The van der Waals surface area contributed by atoms with Crippen molar-refractivity contribution in [1.82, 2.24) is 9.55 Å². The van der Waals surface area contributed by atoms with Gasteiger partial charge in [0.2, 0.25) is 5.82 Å². The van der Waals surface area contributed by atoms with Crippen LogP contribution in [0.1, 0.15) is 52.5 Å². The molecule has 0 radical (unpaired) electrons. The molecule has 0 unspecified atom stereocenters. The van der Waals surface area contributed by atoms with Gasteiger partial charge in [-0.3, -0.25) is 9.36 Å². The molecule has 1 aliphatic carbocycles. The molecule has 0 saturated heterocycles. The molecule has 4 rings (SSSR count). The molecule has 0 aliphatic heterocycles. The lowest BCUT2D eigenvalue weighted by Gasteiger charge is -2.17. The molecule has 6 heteroatoms. The van der Waals surface area contributed by atoms with Gasteiger partial charge in [-0.2, -0.15) is 0 Å². The van der Waals surface area contributed by atoms with Crippen molar-refractivity contribution in [3.8, 4) is 0 Å². The molecule has 2 heterocycles. The van der Waals surface area contributed by atoms with Crippen LogP contribution in [0.4, 0.5) is 0 Å². The summed E-state index contributed by atoms with van der Waals surface area (Å²) >= 11 is 1.55. The molecule has 5 nitrogen and oxygen atoms in total. The van der Waals surface area contributed by atoms with E-state index in [-0.39, 0.29) is 18.0 Å². The van der Waals surface area contributed by atoms with Crippen LogP contribution in [0.5, 0.6) is 0 Å². The molecular formula is C22H24N2O3S. The summed E-state index contributed by atoms with van der Waals surface area (Å²) in [7, 11) is 0. The molecule has 1 atom stereocenters. The lowest BCUT2D eigenvalue weighted by Crippen LogP contribution is -2.29. The van der Waals surface area contributed by atoms with Gasteiger partial charge in [0.05, 0.1) is 18.5 Å². The Bertz CT molecular complexity index is 1110. The molecule has 2 aromatic heterocycles. The zero-order valence-electron chi connectivity index (χ0n) is 16.4. The number of benzene rings is 1. The Morgan fingerprint density at radius 3 is 2.96 bits per heavy atom. The summed E-state index contributed by atoms with van der Waals surface area (Å²) in [6.07, 6.45) is 2.95. The van der Waals surface area contributed by atoms with Gasteiger partial charge >= 0.3 is 5.97 Å². The number of hydrogen-bond donors (Lipinski definition) is 0. The number of thiophene rings is 1. The van der Waals surface area contributed by atoms with Crippen LogP contribution < -0.4 is 5.56 Å². The Hall–Kier alpha value is -2.47. The van der Waals surface area contributed by atoms with E-state index in [2.05, 4.69) is 11.9 Å². The van der Waals surface area contributed by atoms with E-state index in [9.17, 15) is 9.59 Å². The average Bonchev–Trinajstić information content (AvgIpc) is 3.01. The molecule has 0 spiro atoms. The van der Waals surface area contributed by atoms with Gasteiger partial charge in [0.25, 0.3) is 5.56 Å². The monoisotopic (exact) mass is 396 g/mol. The Morgan fingerprint density at radius 1 is 1.39 bits per heavy atom. The molecule has 0 fully saturated rings. The topological polar surface area (TPSA) is 61.2 Å². The number of esters is 1. The zero-order chi connectivity index (χ0) is 19.8. The van der Waals surface area contributed by atoms with Crippen LogP contribution in [0, 0.1) is 12.8 Å². The van der Waals surface area contributed by atoms with Crippen LogP contribution in [0.3, 0.4) is 0 Å². The minimum absolute atomic E-state index is 0.0903. The molecule has 0 saturated carbocycles. The number of aromatic nitrogens is 2. The number of carbonyl (C=O) groups excluding carboxylic acids is 1. The van der Waals surface area contributed by atoms with Crippen molar-refractivity contribution < 1.29 is 9.53 Å². The van der Waals surface area contributed by atoms with Gasteiger partial charge in [0.1, 0.15) is 4.83 Å². The molecule has 0 N–H and O–H groups in total. The maximum Gasteiger partial charge on any atom is 0.374 e. The van der Waals surface area contributed by atoms with Crippen LogP contribution in [-0.4, -0.2) is 22.1 Å². The first-order valence-electron chi connectivity index (χ1n) is 9.75. The average molecular weight is 397 g/mol. The number of fused-ring (bicyclic) bond motifs is 3. The molecule has 28 heavy (non-hydrogen) atoms. The van der Waals surface area contributed by atoms with E-state index in [1.807, 2.05) is 31.2 Å². The highest BCUT2D eigenvalue weighted by atomic mass is 32.1. The lowest BCUT2D eigenvalue weighted by molar-refractivity contribution is 0.0505. The van der Waals surface area contributed by atoms with Gasteiger partial charge < -0.3 is 4.74 Å². The number of ether oxygens (including phenoxy) is 1. The first-order valence-corrected chi connectivity index (χ1v) is 10.6. The van der Waals surface area contributed by atoms with Gasteiger partial charge in [-0.15, -0.1) is 11.3 Å². The summed E-state index contributed by atoms with van der Waals surface area (Å²) in [5, 5.41) is 0.688. The first kappa shape index (κ1) is 18.9. The first-order chi connectivity index (χ1) is 13.5. The van der Waals surface area contributed by atoms with E-state index in [1.165, 1.54) is 9.44 Å². The van der Waals surface area contributed by atoms with Crippen molar-refractivity contribution in [3.05, 3.63) is 62.0 Å². The highest BCUT2D eigenvalue weighted by Gasteiger charge is 2.26. The fraction of sp³-hybridized carbons (Fsp3) is 0.409. The molecule has 1 aromatic carbocycles. The van der Waals surface area contributed by atoms with E-state index in [4.69, 9.17) is 4.74 Å². The molecular weight excluding hydrogens is 372 g/mol. The number of rotatable bonds is 4. The predicted octanol–water partition coefficient (Wildman–Crippen LogP) is 4.12. The van der Waals surface area contributed by atoms with Crippen LogP contribution in [0.15, 0.2) is 29.1 Å². The van der Waals surface area contributed by atoms with Gasteiger partial charge in [-0.05, 0) is 50.2 Å². The van der Waals surface area contributed by atoms with Crippen molar-refractivity contribution in [2.24, 2.45) is 5.92 Å². The smallest absolute Gasteiger partial charge is 0.374 e. The molecule has 0 amide bonds. The number of aryl methyl sites for hydroxylation is 2. The van der Waals surface area contributed by atoms with Crippen LogP contribution in [-0.2, 0) is 24.1 Å². The molecule has 0 bridgehead atoms. The van der Waals surface area contributed by atoms with Gasteiger partial charge in [-0.25, -0.2) is 9.78 Å². The minimum Gasteiger partial charge on any atom is -0.460 e. The third kappa shape index (κ3) is 3.37. The van der Waals surface area contributed by atoms with Gasteiger partial charge in [0, 0.05) is 4.88 Å². The highest BCUT2D eigenvalue weighted by Crippen LogP contribution is 2.36. The number of nitrogens with zero attached hydrogens (tertiary/aromatic N) is 2. The standard InChI is InChI=1S/C22H24N2O3S/c1-4-27-22(26)19-23-20-18(16-9-8-14(3)11-17(16)28-20)21(25)24(19)12-15-7-5-6-13(2)10-15/h5-7,10,14H,4,8-9,11-12H2,1-3H3/t14-/m1/s1. The summed E-state index contributed by atoms with van der Waals surface area (Å²) in [6.45, 7) is 6.55. The quantitative estimate of drug-likeness (QED) is 0.623. The Morgan fingerprint density at radius 2 is 2.21 bits per heavy atom. The Labute approximate surface area is 168 Å². The Kier molecular flexibility index (Phi) is 5.06. The Balaban J connectivity index is 1.91. The molecule has 3 aromatic rings. The number of hydrogen-bond acceptors (Lipinski definition) is 5. The molecule has 146 valence electrons. The summed E-state index contributed by atoms with van der Waals surface area (Å²) < 4.78 is 6.68. The van der Waals surface area contributed by atoms with E-state index in [0.717, 1.165) is 36.0 Å². The zero-order valence-corrected chi connectivity index (χ0v) is 17.3. The summed E-state index contributed by atoms with van der Waals surface area (Å²) in [4.78, 5) is 32.6. The van der Waals surface area contributed by atoms with Crippen molar-refractivity contribution in [1.29, 1.82) is 0 Å². The summed E-state index contributed by atoms with van der Waals surface area (Å²) in [5.41, 5.74) is 3.07. The summed E-state index contributed by atoms with van der Waals surface area (Å²) in [5.74, 6) is 0.154. The van der Waals surface area contributed by atoms with Gasteiger partial charge in [0.15, 0.2) is 0 Å². The fourth-order valence-corrected chi connectivity index (χ4v) is 5.29. The SMILES string of the molecule is CCOC(=O)c1nc2sc3c(c2c(=O)n1Cc1cccc(C)c1)CC[C@@H](C)C3. The van der Waals surface area contributed by atoms with E-state index in [0.29, 0.717) is 22.7 Å². The minimum atomic E-state index is -0.547. The van der Waals surface area contributed by atoms with Crippen LogP contribution in [0.25, 0.3) is 10.2 Å². The van der Waals surface area contributed by atoms with E-state index in [1.54, 1.807) is 18.3 Å². The van der Waals surface area contributed by atoms with Crippen molar-refractivity contribution in [2.75, 3.05) is 6.61 Å².